The number of benzene rings is 1. The van der Waals surface area contributed by atoms with Gasteiger partial charge in [-0.05, 0) is 56.2 Å². The zero-order chi connectivity index (χ0) is 10.7. The molecule has 0 spiro atoms. The Kier molecular flexibility index (Phi) is 1.66. The average molecular weight is 201 g/mol. The Bertz CT molecular complexity index is 411. The van der Waals surface area contributed by atoms with Crippen LogP contribution in [0.5, 0.6) is 0 Å². The SMILES string of the molecule is Cc1cccc(C2(C3(N)CC3)CC2)c1C. The third kappa shape index (κ3) is 1.13. The Morgan fingerprint density at radius 3 is 2.27 bits per heavy atom. The van der Waals surface area contributed by atoms with E-state index in [1.165, 1.54) is 42.4 Å². The number of nitrogens with two attached hydrogens (primary N) is 1. The van der Waals surface area contributed by atoms with Gasteiger partial charge in [0.1, 0.15) is 0 Å². The summed E-state index contributed by atoms with van der Waals surface area (Å²) in [6.45, 7) is 4.45. The fourth-order valence-corrected chi connectivity index (χ4v) is 3.04. The first-order valence-electron chi connectivity index (χ1n) is 5.95. The van der Waals surface area contributed by atoms with Gasteiger partial charge in [0.2, 0.25) is 0 Å². The van der Waals surface area contributed by atoms with Crippen molar-refractivity contribution in [2.24, 2.45) is 5.73 Å². The first-order valence-corrected chi connectivity index (χ1v) is 5.95. The molecule has 1 aromatic rings. The molecule has 0 radical (unpaired) electrons. The van der Waals surface area contributed by atoms with Crippen molar-refractivity contribution >= 4 is 0 Å². The van der Waals surface area contributed by atoms with Gasteiger partial charge in [0.05, 0.1) is 0 Å². The molecule has 0 aliphatic heterocycles. The molecule has 0 unspecified atom stereocenters. The van der Waals surface area contributed by atoms with Gasteiger partial charge >= 0.3 is 0 Å². The summed E-state index contributed by atoms with van der Waals surface area (Å²) in [5, 5.41) is 0. The van der Waals surface area contributed by atoms with Crippen molar-refractivity contribution in [3.8, 4) is 0 Å². The molecule has 0 aromatic heterocycles. The number of aryl methyl sites for hydroxylation is 1. The number of rotatable bonds is 2. The molecule has 0 heterocycles. The Labute approximate surface area is 91.7 Å². The summed E-state index contributed by atoms with van der Waals surface area (Å²) >= 11 is 0. The predicted molar refractivity (Wildman–Crippen MR) is 63.0 cm³/mol. The second-order valence-corrected chi connectivity index (χ2v) is 5.49. The summed E-state index contributed by atoms with van der Waals surface area (Å²) in [6.07, 6.45) is 5.04. The van der Waals surface area contributed by atoms with Gasteiger partial charge in [-0.3, -0.25) is 0 Å². The normalized spacial score (nSPS) is 25.0. The first kappa shape index (κ1) is 9.41. The van der Waals surface area contributed by atoms with Crippen LogP contribution in [0.2, 0.25) is 0 Å². The minimum absolute atomic E-state index is 0.144. The lowest BCUT2D eigenvalue weighted by Crippen LogP contribution is -2.37. The van der Waals surface area contributed by atoms with Crippen molar-refractivity contribution in [2.75, 3.05) is 0 Å². The van der Waals surface area contributed by atoms with Crippen LogP contribution in [0, 0.1) is 13.8 Å². The van der Waals surface area contributed by atoms with Crippen molar-refractivity contribution in [3.05, 3.63) is 34.9 Å². The maximum absolute atomic E-state index is 6.44. The fraction of sp³-hybridized carbons (Fsp3) is 0.571. The minimum atomic E-state index is 0.144. The molecule has 0 atom stereocenters. The first-order chi connectivity index (χ1) is 7.09. The van der Waals surface area contributed by atoms with Gasteiger partial charge in [-0.1, -0.05) is 18.2 Å². The van der Waals surface area contributed by atoms with Crippen LogP contribution in [0.4, 0.5) is 0 Å². The molecule has 2 N–H and O–H groups in total. The van der Waals surface area contributed by atoms with Crippen molar-refractivity contribution in [2.45, 2.75) is 50.5 Å². The lowest BCUT2D eigenvalue weighted by Gasteiger charge is -2.26. The minimum Gasteiger partial charge on any atom is -0.324 e. The Balaban J connectivity index is 2.10. The third-order valence-corrected chi connectivity index (χ3v) is 4.61. The zero-order valence-corrected chi connectivity index (χ0v) is 9.64. The summed E-state index contributed by atoms with van der Waals surface area (Å²) in [5.74, 6) is 0. The molecule has 1 aromatic carbocycles. The monoisotopic (exact) mass is 201 g/mol. The smallest absolute Gasteiger partial charge is 0.0253 e. The Hall–Kier alpha value is -0.820. The predicted octanol–water partition coefficient (Wildman–Crippen LogP) is 2.83. The van der Waals surface area contributed by atoms with Crippen molar-refractivity contribution in [3.63, 3.8) is 0 Å². The van der Waals surface area contributed by atoms with E-state index in [0.29, 0.717) is 5.41 Å². The Morgan fingerprint density at radius 2 is 1.73 bits per heavy atom. The molecule has 0 bridgehead atoms. The van der Waals surface area contributed by atoms with Crippen LogP contribution in [0.15, 0.2) is 18.2 Å². The van der Waals surface area contributed by atoms with Crippen molar-refractivity contribution in [1.82, 2.24) is 0 Å². The molecule has 2 fully saturated rings. The van der Waals surface area contributed by atoms with Crippen LogP contribution >= 0.6 is 0 Å². The van der Waals surface area contributed by atoms with Crippen LogP contribution in [0.1, 0.15) is 42.4 Å². The molecule has 1 heteroatoms. The highest BCUT2D eigenvalue weighted by Gasteiger charge is 2.64. The fourth-order valence-electron chi connectivity index (χ4n) is 3.04. The standard InChI is InChI=1S/C14H19N/c1-10-4-3-5-12(11(10)2)13(6-7-13)14(15)8-9-14/h3-5H,6-9,15H2,1-2H3. The van der Waals surface area contributed by atoms with Gasteiger partial charge in [0.25, 0.3) is 0 Å². The molecule has 0 saturated heterocycles. The van der Waals surface area contributed by atoms with Crippen molar-refractivity contribution in [1.29, 1.82) is 0 Å². The van der Waals surface area contributed by atoms with E-state index in [9.17, 15) is 0 Å². The molecular weight excluding hydrogens is 182 g/mol. The topological polar surface area (TPSA) is 26.0 Å². The largest absolute Gasteiger partial charge is 0.324 e. The highest BCUT2D eigenvalue weighted by molar-refractivity contribution is 5.47. The van der Waals surface area contributed by atoms with E-state index < -0.39 is 0 Å². The summed E-state index contributed by atoms with van der Waals surface area (Å²) in [7, 11) is 0. The van der Waals surface area contributed by atoms with Gasteiger partial charge < -0.3 is 5.73 Å². The molecular formula is C14H19N. The molecule has 2 saturated carbocycles. The summed E-state index contributed by atoms with van der Waals surface area (Å²) in [4.78, 5) is 0. The summed E-state index contributed by atoms with van der Waals surface area (Å²) < 4.78 is 0. The molecule has 3 rings (SSSR count). The molecule has 1 nitrogen and oxygen atoms in total. The van der Waals surface area contributed by atoms with E-state index in [1.54, 1.807) is 0 Å². The van der Waals surface area contributed by atoms with Crippen LogP contribution < -0.4 is 5.73 Å². The second kappa shape index (κ2) is 2.65. The van der Waals surface area contributed by atoms with Gasteiger partial charge in [-0.15, -0.1) is 0 Å². The zero-order valence-electron chi connectivity index (χ0n) is 9.64. The van der Waals surface area contributed by atoms with Gasteiger partial charge in [0.15, 0.2) is 0 Å². The molecule has 0 amide bonds. The Morgan fingerprint density at radius 1 is 1.07 bits per heavy atom. The average Bonchev–Trinajstić information content (AvgIpc) is 3.06. The summed E-state index contributed by atoms with van der Waals surface area (Å²) in [6, 6.07) is 6.68. The van der Waals surface area contributed by atoms with Crippen molar-refractivity contribution < 1.29 is 0 Å². The highest BCUT2D eigenvalue weighted by Crippen LogP contribution is 2.64. The van der Waals surface area contributed by atoms with E-state index in [0.717, 1.165) is 0 Å². The molecule has 15 heavy (non-hydrogen) atoms. The number of hydrogen-bond acceptors (Lipinski definition) is 1. The molecule has 80 valence electrons. The van der Waals surface area contributed by atoms with E-state index in [-0.39, 0.29) is 5.54 Å². The second-order valence-electron chi connectivity index (χ2n) is 5.49. The summed E-state index contributed by atoms with van der Waals surface area (Å²) in [5.41, 5.74) is 11.3. The maximum atomic E-state index is 6.44. The lowest BCUT2D eigenvalue weighted by molar-refractivity contribution is 0.501. The highest BCUT2D eigenvalue weighted by atomic mass is 14.9. The lowest BCUT2D eigenvalue weighted by atomic mass is 9.82. The van der Waals surface area contributed by atoms with E-state index in [1.807, 2.05) is 0 Å². The van der Waals surface area contributed by atoms with Gasteiger partial charge in [-0.25, -0.2) is 0 Å². The van der Waals surface area contributed by atoms with E-state index >= 15 is 0 Å². The molecule has 2 aliphatic rings. The maximum Gasteiger partial charge on any atom is 0.0253 e. The molecule has 2 aliphatic carbocycles. The number of hydrogen-bond donors (Lipinski definition) is 1. The van der Waals surface area contributed by atoms with Gasteiger partial charge in [-0.2, -0.15) is 0 Å². The van der Waals surface area contributed by atoms with Crippen LogP contribution in [-0.2, 0) is 5.41 Å². The third-order valence-electron chi connectivity index (χ3n) is 4.61. The van der Waals surface area contributed by atoms with Crippen LogP contribution in [-0.4, -0.2) is 5.54 Å². The van der Waals surface area contributed by atoms with Gasteiger partial charge in [0, 0.05) is 11.0 Å². The van der Waals surface area contributed by atoms with Crippen LogP contribution in [0.3, 0.4) is 0 Å². The van der Waals surface area contributed by atoms with E-state index in [4.69, 9.17) is 5.73 Å². The quantitative estimate of drug-likeness (QED) is 0.782. The van der Waals surface area contributed by atoms with Crippen LogP contribution in [0.25, 0.3) is 0 Å². The van der Waals surface area contributed by atoms with E-state index in [2.05, 4.69) is 32.0 Å².